The molecule has 0 radical (unpaired) electrons. The maximum absolute atomic E-state index is 12.3. The summed E-state index contributed by atoms with van der Waals surface area (Å²) in [4.78, 5) is 28.9. The molecule has 1 N–H and O–H groups in total. The number of hydrogen-bond donors (Lipinski definition) is 1. The second-order valence-corrected chi connectivity index (χ2v) is 6.72. The van der Waals surface area contributed by atoms with Gasteiger partial charge in [0.2, 0.25) is 0 Å². The summed E-state index contributed by atoms with van der Waals surface area (Å²) < 4.78 is 4.62. The Labute approximate surface area is 146 Å². The van der Waals surface area contributed by atoms with E-state index in [1.54, 1.807) is 41.0 Å². The Balaban J connectivity index is 1.65. The van der Waals surface area contributed by atoms with Crippen LogP contribution in [0.2, 0.25) is 0 Å². The van der Waals surface area contributed by atoms with E-state index in [4.69, 9.17) is 0 Å². The van der Waals surface area contributed by atoms with E-state index in [0.29, 0.717) is 11.4 Å². The number of ether oxygens (including phenoxy) is 1. The largest absolute Gasteiger partial charge is 0.469 e. The van der Waals surface area contributed by atoms with E-state index >= 15 is 0 Å². The Morgan fingerprint density at radius 1 is 1.17 bits per heavy atom. The first-order chi connectivity index (χ1) is 11.7. The second kappa shape index (κ2) is 7.37. The monoisotopic (exact) mass is 358 g/mol. The number of hydrogen-bond acceptors (Lipinski definition) is 6. The lowest BCUT2D eigenvalue weighted by Crippen LogP contribution is -2.12. The van der Waals surface area contributed by atoms with E-state index in [1.165, 1.54) is 18.4 Å². The zero-order chi connectivity index (χ0) is 16.9. The molecule has 0 saturated heterocycles. The summed E-state index contributed by atoms with van der Waals surface area (Å²) in [5.74, 6) is -0.551. The van der Waals surface area contributed by atoms with Gasteiger partial charge in [-0.05, 0) is 29.1 Å². The molecule has 2 heterocycles. The van der Waals surface area contributed by atoms with Crippen molar-refractivity contribution in [3.05, 3.63) is 58.4 Å². The Hall–Kier alpha value is -2.51. The molecule has 0 fully saturated rings. The highest BCUT2D eigenvalue weighted by Crippen LogP contribution is 2.28. The fourth-order valence-electron chi connectivity index (χ4n) is 2.03. The van der Waals surface area contributed by atoms with Crippen LogP contribution in [0.1, 0.15) is 16.1 Å². The normalized spacial score (nSPS) is 10.4. The molecular formula is C17H14N2O3S2. The number of aromatic nitrogens is 1. The Bertz CT molecular complexity index is 839. The molecule has 0 aliphatic heterocycles. The lowest BCUT2D eigenvalue weighted by molar-refractivity contribution is -0.139. The van der Waals surface area contributed by atoms with Gasteiger partial charge in [-0.2, -0.15) is 0 Å². The van der Waals surface area contributed by atoms with Crippen LogP contribution in [0.15, 0.2) is 47.2 Å². The molecular weight excluding hydrogens is 344 g/mol. The topological polar surface area (TPSA) is 68.3 Å². The third-order valence-corrected chi connectivity index (χ3v) is 5.14. The molecule has 1 aromatic carbocycles. The molecule has 0 atom stereocenters. The van der Waals surface area contributed by atoms with Gasteiger partial charge in [-0.25, -0.2) is 4.98 Å². The number of rotatable bonds is 5. The zero-order valence-electron chi connectivity index (χ0n) is 12.8. The average molecular weight is 358 g/mol. The van der Waals surface area contributed by atoms with E-state index in [0.717, 1.165) is 15.4 Å². The molecule has 0 bridgehead atoms. The number of thiazole rings is 1. The van der Waals surface area contributed by atoms with Crippen molar-refractivity contribution < 1.29 is 14.3 Å². The van der Waals surface area contributed by atoms with Gasteiger partial charge in [0.1, 0.15) is 10.7 Å². The molecule has 2 aromatic heterocycles. The van der Waals surface area contributed by atoms with Gasteiger partial charge in [0.25, 0.3) is 5.91 Å². The lowest BCUT2D eigenvalue weighted by Gasteiger charge is -2.05. The van der Waals surface area contributed by atoms with Crippen LogP contribution in [0.3, 0.4) is 0 Å². The molecule has 122 valence electrons. The number of methoxy groups -OCH3 is 1. The standard InChI is InChI=1S/C17H14N2O3S2/c1-22-15(20)9-11-4-6-12(7-5-11)18-16(21)13-10-24-17(19-13)14-3-2-8-23-14/h2-8,10H,9H2,1H3,(H,18,21). The predicted molar refractivity (Wildman–Crippen MR) is 95.5 cm³/mol. The fraction of sp³-hybridized carbons (Fsp3) is 0.118. The van der Waals surface area contributed by atoms with Crippen molar-refractivity contribution in [3.8, 4) is 9.88 Å². The molecule has 3 rings (SSSR count). The Kier molecular flexibility index (Phi) is 5.02. The van der Waals surface area contributed by atoms with Gasteiger partial charge >= 0.3 is 5.97 Å². The highest BCUT2D eigenvalue weighted by molar-refractivity contribution is 7.20. The first-order valence-corrected chi connectivity index (χ1v) is 8.88. The molecule has 1 amide bonds. The van der Waals surface area contributed by atoms with Gasteiger partial charge < -0.3 is 10.1 Å². The third kappa shape index (κ3) is 3.87. The van der Waals surface area contributed by atoms with Crippen LogP contribution in [0.25, 0.3) is 9.88 Å². The molecule has 0 spiro atoms. The molecule has 0 unspecified atom stereocenters. The van der Waals surface area contributed by atoms with Gasteiger partial charge in [0.15, 0.2) is 0 Å². The number of amides is 1. The minimum absolute atomic E-state index is 0.209. The SMILES string of the molecule is COC(=O)Cc1ccc(NC(=O)c2csc(-c3cccs3)n2)cc1. The number of carbonyl (C=O) groups excluding carboxylic acids is 2. The van der Waals surface area contributed by atoms with Crippen molar-refractivity contribution in [2.45, 2.75) is 6.42 Å². The number of carbonyl (C=O) groups is 2. The summed E-state index contributed by atoms with van der Waals surface area (Å²) in [6, 6.07) is 11.0. The fourth-order valence-corrected chi connectivity index (χ4v) is 3.65. The number of esters is 1. The quantitative estimate of drug-likeness (QED) is 0.704. The molecule has 24 heavy (non-hydrogen) atoms. The van der Waals surface area contributed by atoms with Crippen molar-refractivity contribution in [2.75, 3.05) is 12.4 Å². The highest BCUT2D eigenvalue weighted by atomic mass is 32.1. The third-order valence-electron chi connectivity index (χ3n) is 3.26. The number of anilines is 1. The Morgan fingerprint density at radius 2 is 1.96 bits per heavy atom. The summed E-state index contributed by atoms with van der Waals surface area (Å²) in [7, 11) is 1.36. The van der Waals surface area contributed by atoms with E-state index < -0.39 is 0 Å². The van der Waals surface area contributed by atoms with E-state index in [-0.39, 0.29) is 18.3 Å². The van der Waals surface area contributed by atoms with Crippen molar-refractivity contribution in [1.82, 2.24) is 4.98 Å². The van der Waals surface area contributed by atoms with Gasteiger partial charge in [0, 0.05) is 11.1 Å². The van der Waals surface area contributed by atoms with E-state index in [9.17, 15) is 9.59 Å². The van der Waals surface area contributed by atoms with Crippen molar-refractivity contribution >= 4 is 40.2 Å². The summed E-state index contributed by atoms with van der Waals surface area (Å²) in [6.07, 6.45) is 0.209. The number of thiophene rings is 1. The van der Waals surface area contributed by atoms with Gasteiger partial charge in [-0.15, -0.1) is 22.7 Å². The van der Waals surface area contributed by atoms with Crippen LogP contribution in [0, 0.1) is 0 Å². The van der Waals surface area contributed by atoms with Gasteiger partial charge in [-0.1, -0.05) is 18.2 Å². The van der Waals surface area contributed by atoms with Crippen LogP contribution in [-0.4, -0.2) is 24.0 Å². The number of benzene rings is 1. The lowest BCUT2D eigenvalue weighted by atomic mass is 10.1. The van der Waals surface area contributed by atoms with Gasteiger partial charge in [0.05, 0.1) is 18.4 Å². The van der Waals surface area contributed by atoms with Crippen LogP contribution in [0.4, 0.5) is 5.69 Å². The summed E-state index contributed by atoms with van der Waals surface area (Å²) >= 11 is 3.04. The van der Waals surface area contributed by atoms with Crippen LogP contribution >= 0.6 is 22.7 Å². The molecule has 0 aliphatic rings. The average Bonchev–Trinajstić information content (AvgIpc) is 3.27. The van der Waals surface area contributed by atoms with Crippen molar-refractivity contribution in [1.29, 1.82) is 0 Å². The van der Waals surface area contributed by atoms with Crippen molar-refractivity contribution in [3.63, 3.8) is 0 Å². The van der Waals surface area contributed by atoms with Gasteiger partial charge in [-0.3, -0.25) is 9.59 Å². The smallest absolute Gasteiger partial charge is 0.309 e. The molecule has 0 aliphatic carbocycles. The van der Waals surface area contributed by atoms with Crippen LogP contribution < -0.4 is 5.32 Å². The minimum Gasteiger partial charge on any atom is -0.469 e. The molecule has 5 nitrogen and oxygen atoms in total. The summed E-state index contributed by atoms with van der Waals surface area (Å²) in [5, 5.41) is 7.37. The summed E-state index contributed by atoms with van der Waals surface area (Å²) in [5.41, 5.74) is 1.87. The maximum atomic E-state index is 12.3. The first kappa shape index (κ1) is 16.4. The van der Waals surface area contributed by atoms with Crippen molar-refractivity contribution in [2.24, 2.45) is 0 Å². The molecule has 3 aromatic rings. The summed E-state index contributed by atoms with van der Waals surface area (Å²) in [6.45, 7) is 0. The second-order valence-electron chi connectivity index (χ2n) is 4.92. The van der Waals surface area contributed by atoms with E-state index in [2.05, 4.69) is 15.0 Å². The zero-order valence-corrected chi connectivity index (χ0v) is 14.4. The molecule has 0 saturated carbocycles. The first-order valence-electron chi connectivity index (χ1n) is 7.12. The van der Waals surface area contributed by atoms with Crippen LogP contribution in [0.5, 0.6) is 0 Å². The Morgan fingerprint density at radius 3 is 2.62 bits per heavy atom. The molecule has 7 heteroatoms. The van der Waals surface area contributed by atoms with E-state index in [1.807, 2.05) is 17.5 Å². The maximum Gasteiger partial charge on any atom is 0.309 e. The number of nitrogens with zero attached hydrogens (tertiary/aromatic N) is 1. The number of nitrogens with one attached hydrogen (secondary N) is 1. The minimum atomic E-state index is -0.296. The predicted octanol–water partition coefficient (Wildman–Crippen LogP) is 3.84. The van der Waals surface area contributed by atoms with Crippen LogP contribution in [-0.2, 0) is 16.0 Å². The highest BCUT2D eigenvalue weighted by Gasteiger charge is 2.13.